The molecule has 3 aromatic rings. The second kappa shape index (κ2) is 6.97. The zero-order valence-corrected chi connectivity index (χ0v) is 15.5. The molecule has 0 fully saturated rings. The van der Waals surface area contributed by atoms with E-state index in [0.29, 0.717) is 10.9 Å². The van der Waals surface area contributed by atoms with Gasteiger partial charge in [0.2, 0.25) is 11.8 Å². The van der Waals surface area contributed by atoms with Crippen molar-refractivity contribution < 1.29 is 14.3 Å². The summed E-state index contributed by atoms with van der Waals surface area (Å²) in [6.45, 7) is -0.0321. The maximum absolute atomic E-state index is 12.5. The van der Waals surface area contributed by atoms with Crippen molar-refractivity contribution in [1.29, 1.82) is 0 Å². The summed E-state index contributed by atoms with van der Waals surface area (Å²) >= 11 is 2.87. The van der Waals surface area contributed by atoms with Crippen LogP contribution in [0.5, 0.6) is 5.75 Å². The highest BCUT2D eigenvalue weighted by atomic mass is 32.2. The number of hydrogen-bond donors (Lipinski definition) is 1. The Bertz CT molecular complexity index is 1000. The van der Waals surface area contributed by atoms with Gasteiger partial charge in [0.05, 0.1) is 28.8 Å². The Morgan fingerprint density at radius 1 is 1.31 bits per heavy atom. The average Bonchev–Trinajstić information content (AvgIpc) is 3.05. The highest BCUT2D eigenvalue weighted by Crippen LogP contribution is 2.35. The number of carbonyl (C=O) groups is 2. The van der Waals surface area contributed by atoms with Crippen LogP contribution in [0.1, 0.15) is 0 Å². The van der Waals surface area contributed by atoms with E-state index in [4.69, 9.17) is 4.74 Å². The average molecular weight is 385 g/mol. The number of methoxy groups -OCH3 is 1. The lowest BCUT2D eigenvalue weighted by Crippen LogP contribution is -2.41. The molecule has 1 aromatic heterocycles. The third-order valence-corrected chi connectivity index (χ3v) is 5.93. The van der Waals surface area contributed by atoms with Crippen LogP contribution in [0, 0.1) is 0 Å². The molecule has 26 heavy (non-hydrogen) atoms. The highest BCUT2D eigenvalue weighted by molar-refractivity contribution is 8.00. The van der Waals surface area contributed by atoms with Gasteiger partial charge in [-0.05, 0) is 30.3 Å². The van der Waals surface area contributed by atoms with E-state index in [2.05, 4.69) is 10.3 Å². The maximum atomic E-state index is 12.5. The van der Waals surface area contributed by atoms with Gasteiger partial charge >= 0.3 is 0 Å². The molecular weight excluding hydrogens is 370 g/mol. The molecule has 4 rings (SSSR count). The standard InChI is InChI=1S/C18H15N3O3S2/c1-24-11-6-7-12-15(8-11)26-18(19-12)20-16(22)9-21-13-4-2-3-5-14(13)25-10-17(21)23/h2-8H,9-10H2,1H3,(H,19,20,22). The Hall–Kier alpha value is -2.58. The van der Waals surface area contributed by atoms with Crippen molar-refractivity contribution in [2.24, 2.45) is 0 Å². The number of amides is 2. The van der Waals surface area contributed by atoms with E-state index in [1.54, 1.807) is 7.11 Å². The summed E-state index contributed by atoms with van der Waals surface area (Å²) < 4.78 is 6.13. The minimum Gasteiger partial charge on any atom is -0.497 e. The molecular formula is C18H15N3O3S2. The summed E-state index contributed by atoms with van der Waals surface area (Å²) in [5, 5.41) is 3.30. The van der Waals surface area contributed by atoms with Crippen LogP contribution in [0.4, 0.5) is 10.8 Å². The third-order valence-electron chi connectivity index (χ3n) is 3.95. The molecule has 1 aliphatic heterocycles. The minimum atomic E-state index is -0.272. The molecule has 1 aliphatic rings. The van der Waals surface area contributed by atoms with Crippen LogP contribution in [-0.2, 0) is 9.59 Å². The Labute approximate surface area is 158 Å². The van der Waals surface area contributed by atoms with Crippen LogP contribution in [-0.4, -0.2) is 36.2 Å². The number of thioether (sulfide) groups is 1. The number of fused-ring (bicyclic) bond motifs is 2. The first kappa shape index (κ1) is 16.9. The molecule has 0 spiro atoms. The fraction of sp³-hybridized carbons (Fsp3) is 0.167. The van der Waals surface area contributed by atoms with Crippen LogP contribution < -0.4 is 15.0 Å². The van der Waals surface area contributed by atoms with E-state index in [1.165, 1.54) is 28.0 Å². The molecule has 1 N–H and O–H groups in total. The van der Waals surface area contributed by atoms with Crippen LogP contribution in [0.25, 0.3) is 10.2 Å². The zero-order valence-electron chi connectivity index (χ0n) is 13.9. The molecule has 132 valence electrons. The second-order valence-corrected chi connectivity index (χ2v) is 7.68. The van der Waals surface area contributed by atoms with Gasteiger partial charge in [-0.2, -0.15) is 0 Å². The van der Waals surface area contributed by atoms with Crippen molar-refractivity contribution in [3.8, 4) is 5.75 Å². The van der Waals surface area contributed by atoms with Gasteiger partial charge < -0.3 is 15.0 Å². The van der Waals surface area contributed by atoms with E-state index < -0.39 is 0 Å². The molecule has 0 radical (unpaired) electrons. The number of para-hydroxylation sites is 1. The maximum Gasteiger partial charge on any atom is 0.246 e. The molecule has 2 aromatic carbocycles. The molecule has 0 atom stereocenters. The Balaban J connectivity index is 1.51. The lowest BCUT2D eigenvalue weighted by atomic mass is 10.2. The first-order valence-corrected chi connectivity index (χ1v) is 9.71. The highest BCUT2D eigenvalue weighted by Gasteiger charge is 2.26. The number of benzene rings is 2. The van der Waals surface area contributed by atoms with Crippen LogP contribution in [0.2, 0.25) is 0 Å². The fourth-order valence-electron chi connectivity index (χ4n) is 2.72. The minimum absolute atomic E-state index is 0.0321. The smallest absolute Gasteiger partial charge is 0.246 e. The summed E-state index contributed by atoms with van der Waals surface area (Å²) in [4.78, 5) is 31.7. The summed E-state index contributed by atoms with van der Waals surface area (Å²) in [7, 11) is 1.61. The van der Waals surface area contributed by atoms with Crippen molar-refractivity contribution in [2.75, 3.05) is 29.6 Å². The van der Waals surface area contributed by atoms with E-state index in [9.17, 15) is 9.59 Å². The number of ether oxygens (including phenoxy) is 1. The number of hydrogen-bond acceptors (Lipinski definition) is 6. The van der Waals surface area contributed by atoms with Crippen LogP contribution in [0.15, 0.2) is 47.4 Å². The van der Waals surface area contributed by atoms with Crippen molar-refractivity contribution in [3.63, 3.8) is 0 Å². The third kappa shape index (κ3) is 3.25. The number of rotatable bonds is 4. The first-order valence-electron chi connectivity index (χ1n) is 7.90. The molecule has 2 amide bonds. The molecule has 0 saturated heterocycles. The fourth-order valence-corrected chi connectivity index (χ4v) is 4.56. The zero-order chi connectivity index (χ0) is 18.1. The van der Waals surface area contributed by atoms with Crippen molar-refractivity contribution >= 4 is 55.9 Å². The van der Waals surface area contributed by atoms with E-state index in [1.807, 2.05) is 42.5 Å². The number of nitrogens with one attached hydrogen (secondary N) is 1. The van der Waals surface area contributed by atoms with Gasteiger partial charge in [0.15, 0.2) is 5.13 Å². The molecule has 0 saturated carbocycles. The number of anilines is 2. The van der Waals surface area contributed by atoms with Crippen molar-refractivity contribution in [2.45, 2.75) is 4.90 Å². The van der Waals surface area contributed by atoms with Gasteiger partial charge in [-0.1, -0.05) is 23.5 Å². The molecule has 8 heteroatoms. The largest absolute Gasteiger partial charge is 0.497 e. The Morgan fingerprint density at radius 3 is 3.00 bits per heavy atom. The SMILES string of the molecule is COc1ccc2nc(NC(=O)CN3C(=O)CSc4ccccc43)sc2c1. The number of nitrogens with zero attached hydrogens (tertiary/aromatic N) is 2. The Morgan fingerprint density at radius 2 is 2.15 bits per heavy atom. The second-order valence-electron chi connectivity index (χ2n) is 5.64. The van der Waals surface area contributed by atoms with Gasteiger partial charge in [-0.25, -0.2) is 4.98 Å². The summed E-state index contributed by atoms with van der Waals surface area (Å²) in [6.07, 6.45) is 0. The molecule has 6 nitrogen and oxygen atoms in total. The van der Waals surface area contributed by atoms with E-state index in [-0.39, 0.29) is 18.4 Å². The summed E-state index contributed by atoms with van der Waals surface area (Å²) in [6, 6.07) is 13.2. The lowest BCUT2D eigenvalue weighted by molar-refractivity contribution is -0.120. The van der Waals surface area contributed by atoms with Gasteiger partial charge in [-0.15, -0.1) is 11.8 Å². The van der Waals surface area contributed by atoms with E-state index in [0.717, 1.165) is 26.5 Å². The van der Waals surface area contributed by atoms with Gasteiger partial charge in [0.1, 0.15) is 12.3 Å². The monoisotopic (exact) mass is 385 g/mol. The quantitative estimate of drug-likeness (QED) is 0.745. The number of carbonyl (C=O) groups excluding carboxylic acids is 2. The Kier molecular flexibility index (Phi) is 4.52. The van der Waals surface area contributed by atoms with Crippen molar-refractivity contribution in [1.82, 2.24) is 4.98 Å². The van der Waals surface area contributed by atoms with Gasteiger partial charge in [-0.3, -0.25) is 9.59 Å². The topological polar surface area (TPSA) is 71.5 Å². The predicted octanol–water partition coefficient (Wildman–Crippen LogP) is 3.38. The summed E-state index contributed by atoms with van der Waals surface area (Å²) in [5.74, 6) is 0.738. The molecule has 0 unspecified atom stereocenters. The van der Waals surface area contributed by atoms with E-state index >= 15 is 0 Å². The predicted molar refractivity (Wildman–Crippen MR) is 104 cm³/mol. The molecule has 0 aliphatic carbocycles. The summed E-state index contributed by atoms with van der Waals surface area (Å²) in [5.41, 5.74) is 1.57. The van der Waals surface area contributed by atoms with Crippen LogP contribution >= 0.6 is 23.1 Å². The first-order chi connectivity index (χ1) is 12.6. The van der Waals surface area contributed by atoms with Gasteiger partial charge in [0.25, 0.3) is 0 Å². The number of thiazole rings is 1. The van der Waals surface area contributed by atoms with Gasteiger partial charge in [0, 0.05) is 4.90 Å². The lowest BCUT2D eigenvalue weighted by Gasteiger charge is -2.28. The van der Waals surface area contributed by atoms with Crippen LogP contribution in [0.3, 0.4) is 0 Å². The molecule has 2 heterocycles. The molecule has 0 bridgehead atoms. The van der Waals surface area contributed by atoms with Crippen molar-refractivity contribution in [3.05, 3.63) is 42.5 Å². The normalized spacial score (nSPS) is 13.6. The number of aromatic nitrogens is 1.